The first kappa shape index (κ1) is 14.7. The predicted molar refractivity (Wildman–Crippen MR) is 75.5 cm³/mol. The van der Waals surface area contributed by atoms with Crippen LogP contribution in [0.25, 0.3) is 10.4 Å². The normalized spacial score (nSPS) is 9.83. The summed E-state index contributed by atoms with van der Waals surface area (Å²) in [4.78, 5) is 15.9. The molecule has 0 spiro atoms. The zero-order valence-corrected chi connectivity index (χ0v) is 11.6. The summed E-state index contributed by atoms with van der Waals surface area (Å²) >= 11 is 1.62. The molecule has 0 aliphatic carbocycles. The van der Waals surface area contributed by atoms with Crippen LogP contribution >= 0.6 is 23.7 Å². The summed E-state index contributed by atoms with van der Waals surface area (Å²) in [5.41, 5.74) is 5.07. The zero-order valence-electron chi connectivity index (χ0n) is 9.92. The van der Waals surface area contributed by atoms with Gasteiger partial charge in [-0.25, -0.2) is 4.98 Å². The molecule has 1 heterocycles. The maximum atomic E-state index is 10.5. The Morgan fingerprint density at radius 3 is 2.50 bits per heavy atom. The number of hydrogen-bond acceptors (Lipinski definition) is 3. The van der Waals surface area contributed by atoms with Crippen LogP contribution in [-0.4, -0.2) is 16.1 Å². The van der Waals surface area contributed by atoms with Crippen molar-refractivity contribution in [3.05, 3.63) is 41.0 Å². The van der Waals surface area contributed by atoms with E-state index in [2.05, 4.69) is 4.98 Å². The lowest BCUT2D eigenvalue weighted by Gasteiger charge is -2.02. The average Bonchev–Trinajstić information content (AvgIpc) is 2.73. The summed E-state index contributed by atoms with van der Waals surface area (Å²) in [5.74, 6) is -0.757. The van der Waals surface area contributed by atoms with E-state index in [9.17, 15) is 4.79 Å². The number of aryl methyl sites for hydroxylation is 2. The molecule has 0 saturated heterocycles. The van der Waals surface area contributed by atoms with Crippen molar-refractivity contribution in [2.75, 3.05) is 0 Å². The fourth-order valence-corrected chi connectivity index (χ4v) is 2.46. The molecule has 0 fully saturated rings. The fourth-order valence-electron chi connectivity index (χ4n) is 1.65. The van der Waals surface area contributed by atoms with Gasteiger partial charge in [0.25, 0.3) is 0 Å². The van der Waals surface area contributed by atoms with Gasteiger partial charge in [-0.2, -0.15) is 0 Å². The summed E-state index contributed by atoms with van der Waals surface area (Å²) < 4.78 is 0. The van der Waals surface area contributed by atoms with Crippen LogP contribution in [0, 0.1) is 6.92 Å². The topological polar surface area (TPSA) is 50.2 Å². The fraction of sp³-hybridized carbons (Fsp3) is 0.231. The number of aliphatic carboxylic acids is 1. The van der Waals surface area contributed by atoms with Crippen LogP contribution in [-0.2, 0) is 11.2 Å². The van der Waals surface area contributed by atoms with Crippen LogP contribution in [0.1, 0.15) is 17.7 Å². The number of carboxylic acids is 1. The molecule has 0 atom stereocenters. The second kappa shape index (κ2) is 6.52. The van der Waals surface area contributed by atoms with Crippen molar-refractivity contribution in [1.29, 1.82) is 0 Å². The lowest BCUT2D eigenvalue weighted by molar-refractivity contribution is -0.136. The molecule has 18 heavy (non-hydrogen) atoms. The monoisotopic (exact) mass is 283 g/mol. The molecule has 5 heteroatoms. The van der Waals surface area contributed by atoms with Crippen LogP contribution in [0.4, 0.5) is 0 Å². The minimum absolute atomic E-state index is 0. The number of thiazole rings is 1. The summed E-state index contributed by atoms with van der Waals surface area (Å²) in [6.07, 6.45) is 0.760. The maximum absolute atomic E-state index is 10.5. The van der Waals surface area contributed by atoms with Gasteiger partial charge in [-0.15, -0.1) is 23.7 Å². The first-order valence-electron chi connectivity index (χ1n) is 5.38. The van der Waals surface area contributed by atoms with Crippen LogP contribution in [0.3, 0.4) is 0 Å². The largest absolute Gasteiger partial charge is 0.481 e. The van der Waals surface area contributed by atoms with Crippen molar-refractivity contribution in [2.45, 2.75) is 19.8 Å². The SMILES string of the molecule is Cc1ncsc1-c1ccc(CCC(=O)O)cc1.Cl. The zero-order chi connectivity index (χ0) is 12.3. The van der Waals surface area contributed by atoms with Crippen LogP contribution < -0.4 is 0 Å². The Balaban J connectivity index is 0.00000162. The first-order chi connectivity index (χ1) is 8.16. The molecular formula is C13H14ClNO2S. The van der Waals surface area contributed by atoms with E-state index in [0.29, 0.717) is 6.42 Å². The molecule has 0 aliphatic heterocycles. The standard InChI is InChI=1S/C13H13NO2S.ClH/c1-9-13(17-8-14-9)11-5-2-10(3-6-11)4-7-12(15)16;/h2-3,5-6,8H,4,7H2,1H3,(H,15,16);1H. The minimum Gasteiger partial charge on any atom is -0.481 e. The Morgan fingerprint density at radius 2 is 2.00 bits per heavy atom. The lowest BCUT2D eigenvalue weighted by Crippen LogP contribution is -1.97. The number of aromatic nitrogens is 1. The molecule has 0 saturated carbocycles. The van der Waals surface area contributed by atoms with E-state index in [-0.39, 0.29) is 18.8 Å². The van der Waals surface area contributed by atoms with Gasteiger partial charge in [0, 0.05) is 6.42 Å². The number of carboxylic acid groups (broad SMARTS) is 1. The van der Waals surface area contributed by atoms with Gasteiger partial charge >= 0.3 is 5.97 Å². The highest BCUT2D eigenvalue weighted by Crippen LogP contribution is 2.27. The smallest absolute Gasteiger partial charge is 0.303 e. The van der Waals surface area contributed by atoms with E-state index in [1.807, 2.05) is 36.7 Å². The quantitative estimate of drug-likeness (QED) is 0.933. The third kappa shape index (κ3) is 3.55. The number of rotatable bonds is 4. The lowest BCUT2D eigenvalue weighted by atomic mass is 10.1. The molecule has 0 radical (unpaired) electrons. The van der Waals surface area contributed by atoms with Gasteiger partial charge in [0.05, 0.1) is 16.1 Å². The highest BCUT2D eigenvalue weighted by molar-refractivity contribution is 7.13. The van der Waals surface area contributed by atoms with Crippen LogP contribution in [0.15, 0.2) is 29.8 Å². The summed E-state index contributed by atoms with van der Waals surface area (Å²) in [6.45, 7) is 1.99. The molecule has 0 bridgehead atoms. The Labute approximate surface area is 116 Å². The average molecular weight is 284 g/mol. The second-order valence-corrected chi connectivity index (χ2v) is 4.71. The van der Waals surface area contributed by atoms with Crippen molar-refractivity contribution in [2.24, 2.45) is 0 Å². The molecule has 3 nitrogen and oxygen atoms in total. The molecule has 0 amide bonds. The Bertz CT molecular complexity index is 522. The number of halogens is 1. The summed E-state index contributed by atoms with van der Waals surface area (Å²) in [6, 6.07) is 8.02. The van der Waals surface area contributed by atoms with Gasteiger partial charge in [0.1, 0.15) is 0 Å². The van der Waals surface area contributed by atoms with Crippen molar-refractivity contribution in [1.82, 2.24) is 4.98 Å². The molecule has 1 aromatic heterocycles. The van der Waals surface area contributed by atoms with Gasteiger partial charge in [-0.1, -0.05) is 24.3 Å². The van der Waals surface area contributed by atoms with E-state index in [4.69, 9.17) is 5.11 Å². The van der Waals surface area contributed by atoms with E-state index in [0.717, 1.165) is 16.8 Å². The Kier molecular flexibility index (Phi) is 5.31. The molecule has 1 N–H and O–H groups in total. The molecule has 0 unspecified atom stereocenters. The van der Waals surface area contributed by atoms with Crippen LogP contribution in [0.2, 0.25) is 0 Å². The van der Waals surface area contributed by atoms with Crippen molar-refractivity contribution >= 4 is 29.7 Å². The summed E-state index contributed by atoms with van der Waals surface area (Å²) in [5, 5.41) is 8.61. The molecular weight excluding hydrogens is 270 g/mol. The second-order valence-electron chi connectivity index (χ2n) is 3.86. The van der Waals surface area contributed by atoms with E-state index in [1.165, 1.54) is 4.88 Å². The van der Waals surface area contributed by atoms with Crippen molar-refractivity contribution < 1.29 is 9.90 Å². The first-order valence-corrected chi connectivity index (χ1v) is 6.26. The number of benzene rings is 1. The maximum Gasteiger partial charge on any atom is 0.303 e. The minimum atomic E-state index is -0.757. The van der Waals surface area contributed by atoms with Gasteiger partial charge in [0.15, 0.2) is 0 Å². The van der Waals surface area contributed by atoms with Gasteiger partial charge in [-0.05, 0) is 24.5 Å². The number of hydrogen-bond donors (Lipinski definition) is 1. The third-order valence-electron chi connectivity index (χ3n) is 2.59. The summed E-state index contributed by atoms with van der Waals surface area (Å²) in [7, 11) is 0. The van der Waals surface area contributed by atoms with Crippen molar-refractivity contribution in [3.8, 4) is 10.4 Å². The van der Waals surface area contributed by atoms with Gasteiger partial charge in [-0.3, -0.25) is 4.79 Å². The number of carbonyl (C=O) groups is 1. The predicted octanol–water partition coefficient (Wildman–Crippen LogP) is 3.56. The molecule has 2 aromatic rings. The third-order valence-corrected chi connectivity index (χ3v) is 3.57. The van der Waals surface area contributed by atoms with E-state index >= 15 is 0 Å². The Morgan fingerprint density at radius 1 is 1.33 bits per heavy atom. The highest BCUT2D eigenvalue weighted by atomic mass is 35.5. The van der Waals surface area contributed by atoms with E-state index in [1.54, 1.807) is 11.3 Å². The van der Waals surface area contributed by atoms with Gasteiger partial charge < -0.3 is 5.11 Å². The van der Waals surface area contributed by atoms with Crippen LogP contribution in [0.5, 0.6) is 0 Å². The number of nitrogens with zero attached hydrogens (tertiary/aromatic N) is 1. The van der Waals surface area contributed by atoms with E-state index < -0.39 is 5.97 Å². The highest BCUT2D eigenvalue weighted by Gasteiger charge is 2.05. The molecule has 96 valence electrons. The van der Waals surface area contributed by atoms with Gasteiger partial charge in [0.2, 0.25) is 0 Å². The molecule has 1 aromatic carbocycles. The van der Waals surface area contributed by atoms with Crippen molar-refractivity contribution in [3.63, 3.8) is 0 Å². The Hall–Kier alpha value is -1.39. The molecule has 2 rings (SSSR count). The molecule has 0 aliphatic rings.